The van der Waals surface area contributed by atoms with Crippen molar-refractivity contribution in [3.63, 3.8) is 0 Å². The number of fused-ring (bicyclic) bond motifs is 1. The standard InChI is InChI=1S/C25H30F2N6O2.CH4/c1-16(30-20-13-18(26)12-19(27)14-20)21-10-17(25(34)32(3)5-4-28-2)11-22-24(21)31-23(15-29-22)33-6-8-35-9-7-33;/h10-16,28,30H,4-9H2,1-3H3;1H4. The second-order valence-corrected chi connectivity index (χ2v) is 8.62. The Morgan fingerprint density at radius 1 is 1.17 bits per heavy atom. The second kappa shape index (κ2) is 12.0. The van der Waals surface area contributed by atoms with Crippen LogP contribution in [0.3, 0.4) is 0 Å². The quantitative estimate of drug-likeness (QED) is 0.486. The van der Waals surface area contributed by atoms with E-state index < -0.39 is 17.7 Å². The van der Waals surface area contributed by atoms with E-state index in [0.29, 0.717) is 67.2 Å². The molecule has 0 saturated carbocycles. The number of nitrogens with zero attached hydrogens (tertiary/aromatic N) is 4. The molecule has 194 valence electrons. The predicted octanol–water partition coefficient (Wildman–Crippen LogP) is 3.85. The van der Waals surface area contributed by atoms with Gasteiger partial charge in [0.2, 0.25) is 0 Å². The van der Waals surface area contributed by atoms with Crippen LogP contribution in [0.5, 0.6) is 0 Å². The Morgan fingerprint density at radius 3 is 2.53 bits per heavy atom. The molecule has 1 aliphatic rings. The maximum Gasteiger partial charge on any atom is 0.253 e. The van der Waals surface area contributed by atoms with Crippen molar-refractivity contribution in [1.29, 1.82) is 0 Å². The normalized spacial score (nSPS) is 14.3. The monoisotopic (exact) mass is 500 g/mol. The number of benzene rings is 2. The van der Waals surface area contributed by atoms with E-state index in [1.165, 1.54) is 12.1 Å². The van der Waals surface area contributed by atoms with Gasteiger partial charge in [0.15, 0.2) is 0 Å². The minimum Gasteiger partial charge on any atom is -0.378 e. The molecule has 1 amide bonds. The molecule has 1 fully saturated rings. The van der Waals surface area contributed by atoms with Gasteiger partial charge >= 0.3 is 0 Å². The first kappa shape index (κ1) is 27.2. The van der Waals surface area contributed by atoms with Crippen molar-refractivity contribution in [3.8, 4) is 0 Å². The summed E-state index contributed by atoms with van der Waals surface area (Å²) in [5.41, 5.74) is 2.67. The average Bonchev–Trinajstić information content (AvgIpc) is 2.85. The molecule has 36 heavy (non-hydrogen) atoms. The van der Waals surface area contributed by atoms with Gasteiger partial charge < -0.3 is 25.2 Å². The highest BCUT2D eigenvalue weighted by Crippen LogP contribution is 2.29. The van der Waals surface area contributed by atoms with Gasteiger partial charge in [-0.2, -0.15) is 0 Å². The van der Waals surface area contributed by atoms with Crippen LogP contribution in [0, 0.1) is 11.6 Å². The van der Waals surface area contributed by atoms with Crippen molar-refractivity contribution < 1.29 is 18.3 Å². The molecule has 0 spiro atoms. The molecular weight excluding hydrogens is 466 g/mol. The number of rotatable bonds is 8. The van der Waals surface area contributed by atoms with Crippen molar-refractivity contribution in [1.82, 2.24) is 20.2 Å². The summed E-state index contributed by atoms with van der Waals surface area (Å²) in [6.07, 6.45) is 1.70. The lowest BCUT2D eigenvalue weighted by Gasteiger charge is -2.28. The third kappa shape index (κ3) is 6.24. The molecule has 1 saturated heterocycles. The Labute approximate surface area is 210 Å². The fourth-order valence-electron chi connectivity index (χ4n) is 4.10. The van der Waals surface area contributed by atoms with Crippen LogP contribution in [0.25, 0.3) is 11.0 Å². The molecule has 1 atom stereocenters. The first-order chi connectivity index (χ1) is 16.9. The van der Waals surface area contributed by atoms with E-state index in [1.807, 2.05) is 14.0 Å². The molecule has 1 unspecified atom stereocenters. The molecule has 3 aromatic rings. The summed E-state index contributed by atoms with van der Waals surface area (Å²) in [6, 6.07) is 6.39. The van der Waals surface area contributed by atoms with E-state index >= 15 is 0 Å². The van der Waals surface area contributed by atoms with Crippen LogP contribution in [-0.2, 0) is 4.74 Å². The van der Waals surface area contributed by atoms with Crippen molar-refractivity contribution in [3.05, 3.63) is 59.3 Å². The van der Waals surface area contributed by atoms with Crippen molar-refractivity contribution in [2.75, 3.05) is 63.7 Å². The average molecular weight is 501 g/mol. The molecule has 2 N–H and O–H groups in total. The number of likely N-dealkylation sites (N-methyl/N-ethyl adjacent to an activating group) is 2. The zero-order chi connectivity index (χ0) is 24.9. The molecule has 10 heteroatoms. The first-order valence-electron chi connectivity index (χ1n) is 11.6. The summed E-state index contributed by atoms with van der Waals surface area (Å²) in [4.78, 5) is 26.4. The van der Waals surface area contributed by atoms with Crippen LogP contribution in [0.1, 0.15) is 36.3 Å². The van der Waals surface area contributed by atoms with E-state index in [-0.39, 0.29) is 13.3 Å². The molecule has 1 aliphatic heterocycles. The Bertz CT molecular complexity index is 1180. The van der Waals surface area contributed by atoms with Gasteiger partial charge in [-0.05, 0) is 38.2 Å². The Balaban J connectivity index is 0.00000361. The highest BCUT2D eigenvalue weighted by Gasteiger charge is 2.21. The summed E-state index contributed by atoms with van der Waals surface area (Å²) in [5, 5.41) is 6.18. The van der Waals surface area contributed by atoms with Gasteiger partial charge in [0.05, 0.1) is 36.5 Å². The van der Waals surface area contributed by atoms with E-state index in [2.05, 4.69) is 20.5 Å². The molecule has 2 aromatic carbocycles. The van der Waals surface area contributed by atoms with E-state index in [9.17, 15) is 13.6 Å². The first-order valence-corrected chi connectivity index (χ1v) is 11.6. The van der Waals surface area contributed by atoms with Crippen LogP contribution < -0.4 is 15.5 Å². The van der Waals surface area contributed by atoms with Gasteiger partial charge in [0.1, 0.15) is 17.5 Å². The Hall–Kier alpha value is -3.37. The smallest absolute Gasteiger partial charge is 0.253 e. The largest absolute Gasteiger partial charge is 0.378 e. The molecule has 0 radical (unpaired) electrons. The SMILES string of the molecule is C.CNCCN(C)C(=O)c1cc(C(C)Nc2cc(F)cc(F)c2)c2nc(N3CCOCC3)cnc2c1. The number of morpholine rings is 1. The maximum atomic E-state index is 13.8. The number of carbonyl (C=O) groups is 1. The number of hydrogen-bond acceptors (Lipinski definition) is 7. The number of ether oxygens (including phenoxy) is 1. The molecule has 2 heterocycles. The van der Waals surface area contributed by atoms with Gasteiger partial charge in [0, 0.05) is 56.1 Å². The zero-order valence-corrected chi connectivity index (χ0v) is 20.1. The number of amides is 1. The van der Waals surface area contributed by atoms with Crippen LogP contribution in [0.2, 0.25) is 0 Å². The summed E-state index contributed by atoms with van der Waals surface area (Å²) in [5.74, 6) is -0.772. The van der Waals surface area contributed by atoms with Crippen LogP contribution >= 0.6 is 0 Å². The summed E-state index contributed by atoms with van der Waals surface area (Å²) in [7, 11) is 3.57. The topological polar surface area (TPSA) is 82.6 Å². The van der Waals surface area contributed by atoms with Gasteiger partial charge in [-0.15, -0.1) is 0 Å². The number of nitrogens with one attached hydrogen (secondary N) is 2. The minimum absolute atomic E-state index is 0. The van der Waals surface area contributed by atoms with Gasteiger partial charge in [-0.25, -0.2) is 13.8 Å². The number of aromatic nitrogens is 2. The summed E-state index contributed by atoms with van der Waals surface area (Å²) < 4.78 is 33.0. The van der Waals surface area contributed by atoms with E-state index in [1.54, 1.807) is 30.3 Å². The highest BCUT2D eigenvalue weighted by molar-refractivity contribution is 5.98. The fourth-order valence-corrected chi connectivity index (χ4v) is 4.10. The summed E-state index contributed by atoms with van der Waals surface area (Å²) >= 11 is 0. The van der Waals surface area contributed by atoms with Crippen LogP contribution in [0.15, 0.2) is 36.5 Å². The van der Waals surface area contributed by atoms with Crippen molar-refractivity contribution >= 4 is 28.4 Å². The Morgan fingerprint density at radius 2 is 1.86 bits per heavy atom. The van der Waals surface area contributed by atoms with E-state index in [0.717, 1.165) is 11.9 Å². The second-order valence-electron chi connectivity index (χ2n) is 8.62. The molecular formula is C26H34F2N6O2. The predicted molar refractivity (Wildman–Crippen MR) is 139 cm³/mol. The maximum absolute atomic E-state index is 13.8. The molecule has 0 aliphatic carbocycles. The fraction of sp³-hybridized carbons (Fsp3) is 0.423. The van der Waals surface area contributed by atoms with Crippen molar-refractivity contribution in [2.24, 2.45) is 0 Å². The molecule has 1 aromatic heterocycles. The van der Waals surface area contributed by atoms with Gasteiger partial charge in [-0.1, -0.05) is 7.43 Å². The third-order valence-electron chi connectivity index (χ3n) is 6.00. The van der Waals surface area contributed by atoms with E-state index in [4.69, 9.17) is 9.72 Å². The molecule has 0 bridgehead atoms. The lowest BCUT2D eigenvalue weighted by Crippen LogP contribution is -2.36. The number of hydrogen-bond donors (Lipinski definition) is 2. The number of anilines is 2. The lowest BCUT2D eigenvalue weighted by atomic mass is 10.0. The third-order valence-corrected chi connectivity index (χ3v) is 6.00. The van der Waals surface area contributed by atoms with Crippen LogP contribution in [0.4, 0.5) is 20.3 Å². The van der Waals surface area contributed by atoms with Crippen LogP contribution in [-0.4, -0.2) is 74.3 Å². The van der Waals surface area contributed by atoms with Gasteiger partial charge in [0.25, 0.3) is 5.91 Å². The molecule has 8 nitrogen and oxygen atoms in total. The lowest BCUT2D eigenvalue weighted by molar-refractivity contribution is 0.0797. The molecule has 4 rings (SSSR count). The number of halogens is 2. The number of carbonyl (C=O) groups excluding carboxylic acids is 1. The van der Waals surface area contributed by atoms with Crippen molar-refractivity contribution in [2.45, 2.75) is 20.4 Å². The zero-order valence-electron chi connectivity index (χ0n) is 20.1. The Kier molecular flexibility index (Phi) is 9.11. The summed E-state index contributed by atoms with van der Waals surface area (Å²) in [6.45, 7) is 5.70. The minimum atomic E-state index is -0.672. The highest BCUT2D eigenvalue weighted by atomic mass is 19.1. The van der Waals surface area contributed by atoms with Gasteiger partial charge in [-0.3, -0.25) is 9.78 Å².